The van der Waals surface area contributed by atoms with Crippen LogP contribution in [0.15, 0.2) is 24.3 Å². The molecule has 2 atom stereocenters. The molecule has 0 aromatic heterocycles. The molecule has 1 rings (SSSR count). The third-order valence-electron chi connectivity index (χ3n) is 6.77. The molecule has 0 aliphatic heterocycles. The number of rotatable bonds is 25. The van der Waals surface area contributed by atoms with E-state index in [0.29, 0.717) is 51.9 Å². The smallest absolute Gasteiger partial charge is 0.302 e. The average Bonchev–Trinajstić information content (AvgIpc) is 3.03. The highest BCUT2D eigenvalue weighted by atomic mass is 16.6. The maximum Gasteiger partial charge on any atom is 0.302 e. The second-order valence-electron chi connectivity index (χ2n) is 11.2. The standard InChI is InChI=1S/C33H54N4O10/c1-7-14-37(30(40)13-16-44-19-20-46-22-21-45-18-17-43-6)15-12-29(39)36-31(24(2)3)33(42)34-25(4)32(41)35-28-10-8-27(9-11-28)23-47-26(5)38/h8-11,24-25,31H,7,12-23H2,1-6H3,(H,34,42)(H,35,41)(H,36,39)/t25-,31-/m0/s1. The van der Waals surface area contributed by atoms with Gasteiger partial charge in [-0.15, -0.1) is 0 Å². The molecule has 0 aliphatic rings. The van der Waals surface area contributed by atoms with Gasteiger partial charge in [0.2, 0.25) is 23.6 Å². The van der Waals surface area contributed by atoms with E-state index in [9.17, 15) is 24.0 Å². The van der Waals surface area contributed by atoms with Crippen molar-refractivity contribution < 1.29 is 47.7 Å². The number of methoxy groups -OCH3 is 1. The third kappa shape index (κ3) is 19.0. The molecule has 0 bridgehead atoms. The van der Waals surface area contributed by atoms with Crippen LogP contribution in [0.4, 0.5) is 5.69 Å². The highest BCUT2D eigenvalue weighted by Crippen LogP contribution is 2.11. The Kier molecular flexibility index (Phi) is 21.7. The monoisotopic (exact) mass is 666 g/mol. The molecule has 0 fully saturated rings. The molecule has 1 aromatic carbocycles. The minimum atomic E-state index is -0.882. The first kappa shape index (κ1) is 41.4. The molecule has 3 N–H and O–H groups in total. The van der Waals surface area contributed by atoms with Crippen LogP contribution in [-0.2, 0) is 54.3 Å². The molecule has 266 valence electrons. The Morgan fingerprint density at radius 2 is 1.36 bits per heavy atom. The highest BCUT2D eigenvalue weighted by Gasteiger charge is 2.27. The van der Waals surface area contributed by atoms with Gasteiger partial charge < -0.3 is 44.5 Å². The van der Waals surface area contributed by atoms with Crippen molar-refractivity contribution in [3.05, 3.63) is 29.8 Å². The first-order chi connectivity index (χ1) is 22.5. The fourth-order valence-electron chi connectivity index (χ4n) is 4.14. The number of carbonyl (C=O) groups excluding carboxylic acids is 5. The number of benzene rings is 1. The number of nitrogens with zero attached hydrogens (tertiary/aromatic N) is 1. The van der Waals surface area contributed by atoms with E-state index in [1.54, 1.807) is 57.0 Å². The number of hydrogen-bond donors (Lipinski definition) is 3. The SMILES string of the molecule is CCCN(CCC(=O)N[C@H](C(=O)N[C@@H](C)C(=O)Nc1ccc(COC(C)=O)cc1)C(C)C)C(=O)CCOCCOCCOCCOC. The van der Waals surface area contributed by atoms with Gasteiger partial charge >= 0.3 is 5.97 Å². The maximum atomic E-state index is 13.0. The van der Waals surface area contributed by atoms with Crippen molar-refractivity contribution in [1.29, 1.82) is 0 Å². The normalized spacial score (nSPS) is 12.2. The van der Waals surface area contributed by atoms with E-state index in [-0.39, 0.29) is 56.3 Å². The molecule has 0 saturated heterocycles. The Morgan fingerprint density at radius 3 is 1.91 bits per heavy atom. The third-order valence-corrected chi connectivity index (χ3v) is 6.77. The van der Waals surface area contributed by atoms with Gasteiger partial charge in [0.15, 0.2) is 0 Å². The Morgan fingerprint density at radius 1 is 0.766 bits per heavy atom. The zero-order valence-corrected chi connectivity index (χ0v) is 28.8. The van der Waals surface area contributed by atoms with E-state index in [1.165, 1.54) is 6.92 Å². The molecule has 0 heterocycles. The van der Waals surface area contributed by atoms with Gasteiger partial charge in [-0.1, -0.05) is 32.9 Å². The van der Waals surface area contributed by atoms with Crippen LogP contribution in [0.5, 0.6) is 0 Å². The van der Waals surface area contributed by atoms with Crippen molar-refractivity contribution in [3.63, 3.8) is 0 Å². The lowest BCUT2D eigenvalue weighted by molar-refractivity contribution is -0.142. The van der Waals surface area contributed by atoms with E-state index in [4.69, 9.17) is 23.7 Å². The predicted octanol–water partition coefficient (Wildman–Crippen LogP) is 2.05. The van der Waals surface area contributed by atoms with Gasteiger partial charge in [0.1, 0.15) is 18.7 Å². The molecule has 4 amide bonds. The number of nitrogens with one attached hydrogen (secondary N) is 3. The summed E-state index contributed by atoms with van der Waals surface area (Å²) >= 11 is 0. The first-order valence-electron chi connectivity index (χ1n) is 16.1. The Labute approximate surface area is 278 Å². The van der Waals surface area contributed by atoms with Crippen molar-refractivity contribution >= 4 is 35.3 Å². The summed E-state index contributed by atoms with van der Waals surface area (Å²) < 4.78 is 26.1. The Hall–Kier alpha value is -3.59. The molecule has 47 heavy (non-hydrogen) atoms. The van der Waals surface area contributed by atoms with Crippen LogP contribution < -0.4 is 16.0 Å². The van der Waals surface area contributed by atoms with Crippen LogP contribution in [0, 0.1) is 5.92 Å². The van der Waals surface area contributed by atoms with Crippen molar-refractivity contribution in [3.8, 4) is 0 Å². The van der Waals surface area contributed by atoms with E-state index in [0.717, 1.165) is 12.0 Å². The first-order valence-corrected chi connectivity index (χ1v) is 16.1. The van der Waals surface area contributed by atoms with Crippen molar-refractivity contribution in [2.24, 2.45) is 5.92 Å². The van der Waals surface area contributed by atoms with Crippen LogP contribution >= 0.6 is 0 Å². The van der Waals surface area contributed by atoms with Crippen molar-refractivity contribution in [1.82, 2.24) is 15.5 Å². The summed E-state index contributed by atoms with van der Waals surface area (Å²) in [7, 11) is 1.61. The van der Waals surface area contributed by atoms with Crippen molar-refractivity contribution in [2.45, 2.75) is 72.6 Å². The van der Waals surface area contributed by atoms with Gasteiger partial charge in [-0.2, -0.15) is 0 Å². The van der Waals surface area contributed by atoms with E-state index in [1.807, 2.05) is 6.92 Å². The molecular weight excluding hydrogens is 612 g/mol. The van der Waals surface area contributed by atoms with E-state index in [2.05, 4.69) is 16.0 Å². The average molecular weight is 667 g/mol. The van der Waals surface area contributed by atoms with Gasteiger partial charge in [-0.3, -0.25) is 24.0 Å². The number of amides is 4. The van der Waals surface area contributed by atoms with Crippen molar-refractivity contribution in [2.75, 3.05) is 71.8 Å². The minimum absolute atomic E-state index is 0.0207. The molecule has 0 spiro atoms. The summed E-state index contributed by atoms with van der Waals surface area (Å²) in [6, 6.07) is 5.02. The zero-order chi connectivity index (χ0) is 35.0. The van der Waals surface area contributed by atoms with Crippen LogP contribution in [0.3, 0.4) is 0 Å². The van der Waals surface area contributed by atoms with Crippen LogP contribution in [0.2, 0.25) is 0 Å². The number of ether oxygens (including phenoxy) is 5. The second-order valence-corrected chi connectivity index (χ2v) is 11.2. The largest absolute Gasteiger partial charge is 0.461 e. The lowest BCUT2D eigenvalue weighted by atomic mass is 10.0. The van der Waals surface area contributed by atoms with Gasteiger partial charge in [-0.25, -0.2) is 0 Å². The van der Waals surface area contributed by atoms with Crippen LogP contribution in [0.25, 0.3) is 0 Å². The number of anilines is 1. The fraction of sp³-hybridized carbons (Fsp3) is 0.667. The van der Waals surface area contributed by atoms with Gasteiger partial charge in [-0.05, 0) is 37.0 Å². The highest BCUT2D eigenvalue weighted by molar-refractivity contribution is 5.98. The Bertz CT molecular complexity index is 1080. The van der Waals surface area contributed by atoms with E-state index >= 15 is 0 Å². The summed E-state index contributed by atoms with van der Waals surface area (Å²) in [6.07, 6.45) is 0.925. The second kappa shape index (κ2) is 24.6. The quantitative estimate of drug-likeness (QED) is 0.104. The molecule has 0 aliphatic carbocycles. The lowest BCUT2D eigenvalue weighted by Crippen LogP contribution is -2.54. The summed E-state index contributed by atoms with van der Waals surface area (Å²) in [5.74, 6) is -2.06. The van der Waals surface area contributed by atoms with Crippen LogP contribution in [-0.4, -0.2) is 113 Å². The molecular formula is C33H54N4O10. The number of esters is 1. The topological polar surface area (TPSA) is 171 Å². The molecule has 0 saturated carbocycles. The summed E-state index contributed by atoms with van der Waals surface area (Å²) in [6.45, 7) is 12.2. The Balaban J connectivity index is 2.47. The minimum Gasteiger partial charge on any atom is -0.461 e. The van der Waals surface area contributed by atoms with Gasteiger partial charge in [0, 0.05) is 39.2 Å². The summed E-state index contributed by atoms with van der Waals surface area (Å²) in [5, 5.41) is 8.15. The summed E-state index contributed by atoms with van der Waals surface area (Å²) in [5.41, 5.74) is 1.28. The fourth-order valence-corrected chi connectivity index (χ4v) is 4.14. The molecule has 0 radical (unpaired) electrons. The molecule has 14 nitrogen and oxygen atoms in total. The maximum absolute atomic E-state index is 13.0. The molecule has 0 unspecified atom stereocenters. The molecule has 14 heteroatoms. The zero-order valence-electron chi connectivity index (χ0n) is 28.8. The van der Waals surface area contributed by atoms with Gasteiger partial charge in [0.25, 0.3) is 0 Å². The molecule has 1 aromatic rings. The van der Waals surface area contributed by atoms with Crippen LogP contribution in [0.1, 0.15) is 59.4 Å². The predicted molar refractivity (Wildman–Crippen MR) is 175 cm³/mol. The lowest BCUT2D eigenvalue weighted by Gasteiger charge is -2.25. The number of hydrogen-bond acceptors (Lipinski definition) is 10. The van der Waals surface area contributed by atoms with Gasteiger partial charge in [0.05, 0.1) is 52.7 Å². The van der Waals surface area contributed by atoms with E-state index < -0.39 is 23.9 Å². The number of carbonyl (C=O) groups is 5. The summed E-state index contributed by atoms with van der Waals surface area (Å²) in [4.78, 5) is 64.0.